The second-order valence-corrected chi connectivity index (χ2v) is 7.70. The van der Waals surface area contributed by atoms with Gasteiger partial charge in [0.1, 0.15) is 0 Å². The summed E-state index contributed by atoms with van der Waals surface area (Å²) in [6.07, 6.45) is 8.89. The average molecular weight is 424 g/mol. The molecule has 0 saturated carbocycles. The molecule has 0 nitrogen and oxygen atoms in total. The number of benzene rings is 1. The number of rotatable bonds is 6. The third-order valence-corrected chi connectivity index (χ3v) is 6.60. The summed E-state index contributed by atoms with van der Waals surface area (Å²) in [5, 5.41) is 1.58. The Morgan fingerprint density at radius 3 is 2.17 bits per heavy atom. The first-order chi connectivity index (χ1) is 9.22. The van der Waals surface area contributed by atoms with Crippen LogP contribution in [0.1, 0.15) is 46.5 Å². The van der Waals surface area contributed by atoms with Gasteiger partial charge in [-0.05, 0) is 0 Å². The van der Waals surface area contributed by atoms with Crippen LogP contribution in [0.4, 0.5) is 0 Å². The molecule has 5 heteroatoms. The van der Waals surface area contributed by atoms with Crippen molar-refractivity contribution in [3.05, 3.63) is 53.1 Å². The van der Waals surface area contributed by atoms with Crippen LogP contribution >= 0.6 is 0 Å². The molecule has 2 rings (SSSR count). The molecule has 1 unspecified atom stereocenters. The van der Waals surface area contributed by atoms with Gasteiger partial charge in [-0.25, -0.2) is 17.2 Å². The molecule has 0 aromatic heterocycles. The van der Waals surface area contributed by atoms with E-state index in [-0.39, 0.29) is 68.5 Å². The predicted molar refractivity (Wildman–Crippen MR) is 87.6 cm³/mol. The van der Waals surface area contributed by atoms with E-state index in [9.17, 15) is 0 Å². The van der Waals surface area contributed by atoms with Crippen LogP contribution in [0, 0.1) is 6.08 Å². The van der Waals surface area contributed by atoms with E-state index in [0.29, 0.717) is 0 Å². The molecule has 0 N–H and O–H groups in total. The zero-order valence-corrected chi connectivity index (χ0v) is 19.4. The normalized spacial score (nSPS) is 16.1. The van der Waals surface area contributed by atoms with Crippen molar-refractivity contribution in [3.63, 3.8) is 0 Å². The van der Waals surface area contributed by atoms with Crippen molar-refractivity contribution in [2.24, 2.45) is 0 Å². The molecule has 23 heavy (non-hydrogen) atoms. The van der Waals surface area contributed by atoms with E-state index in [1.54, 1.807) is 10.8 Å². The molecule has 1 aliphatic carbocycles. The van der Waals surface area contributed by atoms with E-state index in [4.69, 9.17) is 0 Å². The molecule has 0 fully saturated rings. The zero-order valence-electron chi connectivity index (χ0n) is 14.1. The van der Waals surface area contributed by atoms with Gasteiger partial charge in [0.25, 0.3) is 0 Å². The topological polar surface area (TPSA) is 0 Å². The average Bonchev–Trinajstić information content (AvgIpc) is 2.67. The van der Waals surface area contributed by atoms with E-state index in [1.807, 2.05) is 0 Å². The van der Waals surface area contributed by atoms with Crippen LogP contribution in [-0.2, 0) is 21.7 Å². The molecule has 1 atom stereocenters. The third kappa shape index (κ3) is 8.43. The Balaban J connectivity index is -0.000001000. The summed E-state index contributed by atoms with van der Waals surface area (Å²) in [4.78, 5) is 0. The van der Waals surface area contributed by atoms with E-state index < -0.39 is 0 Å². The maximum absolute atomic E-state index is 3.60. The van der Waals surface area contributed by atoms with Crippen molar-refractivity contribution in [2.75, 3.05) is 0 Å². The van der Waals surface area contributed by atoms with Gasteiger partial charge in [-0.2, -0.15) is 5.57 Å². The summed E-state index contributed by atoms with van der Waals surface area (Å²) in [6.45, 7) is 6.81. The first-order valence-corrected chi connectivity index (χ1v) is 9.08. The molecule has 0 aliphatic heterocycles. The van der Waals surface area contributed by atoms with Gasteiger partial charge in [0.05, 0.1) is 0 Å². The summed E-state index contributed by atoms with van der Waals surface area (Å²) in [5.74, 6) is 0. The maximum Gasteiger partial charge on any atom is 4.00 e. The van der Waals surface area contributed by atoms with Crippen molar-refractivity contribution < 1.29 is 58.9 Å². The van der Waals surface area contributed by atoms with E-state index in [2.05, 4.69) is 57.2 Å². The van der Waals surface area contributed by atoms with Crippen LogP contribution in [0.3, 0.4) is 0 Å². The summed E-state index contributed by atoms with van der Waals surface area (Å²) >= 11 is 0. The SMILES string of the molecule is CCCCCC1=C(C)[C-]=C(C)C1[SiH2]c1ccccc1.[Cl-].[Cl-].[Cl-].[Ti+4]. The number of unbranched alkanes of at least 4 members (excludes halogenated alkanes) is 2. The molecule has 0 spiro atoms. The molecular formula is C18H25Cl3SiTi. The Kier molecular flexibility index (Phi) is 18.2. The fourth-order valence-corrected chi connectivity index (χ4v) is 5.22. The van der Waals surface area contributed by atoms with Crippen molar-refractivity contribution in [2.45, 2.75) is 52.0 Å². The minimum Gasteiger partial charge on any atom is -1.00 e. The Morgan fingerprint density at radius 2 is 1.61 bits per heavy atom. The maximum atomic E-state index is 3.60. The first-order valence-electron chi connectivity index (χ1n) is 7.56. The molecule has 126 valence electrons. The Morgan fingerprint density at radius 1 is 1.00 bits per heavy atom. The van der Waals surface area contributed by atoms with Crippen molar-refractivity contribution >= 4 is 14.7 Å². The zero-order chi connectivity index (χ0) is 13.7. The van der Waals surface area contributed by atoms with Gasteiger partial charge in [0.2, 0.25) is 0 Å². The van der Waals surface area contributed by atoms with E-state index in [0.717, 1.165) is 5.54 Å². The summed E-state index contributed by atoms with van der Waals surface area (Å²) < 4.78 is 0. The number of hydrogen-bond donors (Lipinski definition) is 0. The van der Waals surface area contributed by atoms with Gasteiger partial charge in [-0.3, -0.25) is 0 Å². The molecule has 0 bridgehead atoms. The van der Waals surface area contributed by atoms with Crippen LogP contribution in [-0.4, -0.2) is 9.52 Å². The predicted octanol–water partition coefficient (Wildman–Crippen LogP) is -5.06. The molecular weight excluding hydrogens is 399 g/mol. The molecule has 0 amide bonds. The smallest absolute Gasteiger partial charge is 1.00 e. The molecule has 0 heterocycles. The Labute approximate surface area is 177 Å². The molecule has 0 saturated heterocycles. The minimum absolute atomic E-state index is 0. The number of halogens is 3. The fraction of sp³-hybridized carbons (Fsp3) is 0.444. The van der Waals surface area contributed by atoms with Crippen LogP contribution in [0.25, 0.3) is 0 Å². The monoisotopic (exact) mass is 422 g/mol. The summed E-state index contributed by atoms with van der Waals surface area (Å²) in [5.41, 5.74) is 5.35. The quantitative estimate of drug-likeness (QED) is 0.244. The van der Waals surface area contributed by atoms with Crippen LogP contribution < -0.4 is 42.4 Å². The Bertz CT molecular complexity index is 486. The van der Waals surface area contributed by atoms with Crippen LogP contribution in [0.15, 0.2) is 47.1 Å². The van der Waals surface area contributed by atoms with Crippen LogP contribution in [0.2, 0.25) is 5.54 Å². The van der Waals surface area contributed by atoms with Gasteiger partial charge in [-0.1, -0.05) is 87.5 Å². The Hall–Kier alpha value is 0.501. The minimum atomic E-state index is -0.253. The molecule has 1 aliphatic rings. The molecule has 1 aromatic carbocycles. The van der Waals surface area contributed by atoms with E-state index >= 15 is 0 Å². The standard InChI is InChI=1S/C18H25Si.3ClH.Ti/c1-4-5-7-12-17-14(2)13-15(3)18(17)19-16-10-8-6-9-11-16;;;;/h6,8-11,18H,4-5,7,12,19H2,1-3H3;3*1H;/q-1;;;;+4/p-3. The second kappa shape index (κ2) is 14.8. The van der Waals surface area contributed by atoms with Gasteiger partial charge in [-0.15, -0.1) is 0 Å². The number of hydrogen-bond acceptors (Lipinski definition) is 0. The largest absolute Gasteiger partial charge is 4.00 e. The van der Waals surface area contributed by atoms with Crippen LogP contribution in [0.5, 0.6) is 0 Å². The summed E-state index contributed by atoms with van der Waals surface area (Å²) in [7, 11) is -0.253. The van der Waals surface area contributed by atoms with Crippen molar-refractivity contribution in [3.8, 4) is 0 Å². The molecule has 1 aromatic rings. The van der Waals surface area contributed by atoms with E-state index in [1.165, 1.54) is 36.8 Å². The molecule has 0 radical (unpaired) electrons. The fourth-order valence-electron chi connectivity index (χ4n) is 3.04. The first kappa shape index (κ1) is 28.3. The van der Waals surface area contributed by atoms with Crippen molar-refractivity contribution in [1.29, 1.82) is 0 Å². The van der Waals surface area contributed by atoms with Crippen molar-refractivity contribution in [1.82, 2.24) is 0 Å². The second-order valence-electron chi connectivity index (χ2n) is 5.66. The third-order valence-electron chi connectivity index (χ3n) is 4.14. The van der Waals surface area contributed by atoms with Gasteiger partial charge >= 0.3 is 21.7 Å². The van der Waals surface area contributed by atoms with Gasteiger partial charge in [0.15, 0.2) is 0 Å². The van der Waals surface area contributed by atoms with Gasteiger partial charge < -0.3 is 37.2 Å². The summed E-state index contributed by atoms with van der Waals surface area (Å²) in [6, 6.07) is 11.1. The van der Waals surface area contributed by atoms with Gasteiger partial charge in [0, 0.05) is 9.52 Å². The number of allylic oxidation sites excluding steroid dienone is 4.